The Kier molecular flexibility index (Phi) is 4.52. The maximum Gasteiger partial charge on any atom is 0.224 e. The van der Waals surface area contributed by atoms with Crippen LogP contribution >= 0.6 is 11.3 Å². The molecule has 0 saturated carbocycles. The van der Waals surface area contributed by atoms with Crippen molar-refractivity contribution in [2.24, 2.45) is 0 Å². The first kappa shape index (κ1) is 12.8. The first-order valence-electron chi connectivity index (χ1n) is 6.02. The quantitative estimate of drug-likeness (QED) is 0.867. The molecule has 4 nitrogen and oxygen atoms in total. The number of rotatable bonds is 6. The van der Waals surface area contributed by atoms with Crippen LogP contribution in [0.15, 0.2) is 35.3 Å². The van der Waals surface area contributed by atoms with Crippen LogP contribution in [0.25, 0.3) is 0 Å². The van der Waals surface area contributed by atoms with Gasteiger partial charge in [0.15, 0.2) is 0 Å². The van der Waals surface area contributed by atoms with E-state index in [0.29, 0.717) is 6.42 Å². The summed E-state index contributed by atoms with van der Waals surface area (Å²) >= 11 is 1.62. The smallest absolute Gasteiger partial charge is 0.224 e. The molecule has 96 valence electrons. The van der Waals surface area contributed by atoms with Gasteiger partial charge in [-0.1, -0.05) is 0 Å². The lowest BCUT2D eigenvalue weighted by atomic mass is 10.2. The fraction of sp³-hybridized carbons (Fsp3) is 0.385. The lowest BCUT2D eigenvalue weighted by Gasteiger charge is -2.13. The van der Waals surface area contributed by atoms with Crippen molar-refractivity contribution in [2.75, 3.05) is 0 Å². The summed E-state index contributed by atoms with van der Waals surface area (Å²) < 4.78 is 1.88. The summed E-state index contributed by atoms with van der Waals surface area (Å²) in [4.78, 5) is 11.8. The Labute approximate surface area is 111 Å². The average Bonchev–Trinajstić information content (AvgIpc) is 2.98. The summed E-state index contributed by atoms with van der Waals surface area (Å²) in [6.45, 7) is 2.85. The normalized spacial score (nSPS) is 12.3. The molecule has 2 aromatic rings. The minimum atomic E-state index is 0.0846. The highest BCUT2D eigenvalue weighted by Crippen LogP contribution is 2.06. The van der Waals surface area contributed by atoms with E-state index in [2.05, 4.69) is 10.4 Å². The van der Waals surface area contributed by atoms with Gasteiger partial charge in [0.05, 0.1) is 6.42 Å². The number of carbonyl (C=O) groups is 1. The summed E-state index contributed by atoms with van der Waals surface area (Å²) in [7, 11) is 0. The first-order chi connectivity index (χ1) is 8.74. The number of hydrogen-bond acceptors (Lipinski definition) is 3. The van der Waals surface area contributed by atoms with Crippen LogP contribution in [-0.2, 0) is 17.8 Å². The predicted molar refractivity (Wildman–Crippen MR) is 72.5 cm³/mol. The molecule has 1 atom stereocenters. The number of thiophene rings is 1. The van der Waals surface area contributed by atoms with Gasteiger partial charge >= 0.3 is 0 Å². The molecular formula is C13H17N3OS. The van der Waals surface area contributed by atoms with Crippen molar-refractivity contribution < 1.29 is 4.79 Å². The largest absolute Gasteiger partial charge is 0.353 e. The Bertz CT molecular complexity index is 464. The Balaban J connectivity index is 1.70. The zero-order chi connectivity index (χ0) is 12.8. The molecule has 2 heterocycles. The zero-order valence-corrected chi connectivity index (χ0v) is 11.2. The Morgan fingerprint density at radius 1 is 1.61 bits per heavy atom. The summed E-state index contributed by atoms with van der Waals surface area (Å²) in [5, 5.41) is 11.1. The SMILES string of the molecule is C[C@H](CCn1cccn1)NC(=O)Cc1ccsc1. The van der Waals surface area contributed by atoms with Crippen LogP contribution in [0.5, 0.6) is 0 Å². The number of aryl methyl sites for hydroxylation is 1. The molecule has 1 amide bonds. The lowest BCUT2D eigenvalue weighted by molar-refractivity contribution is -0.121. The van der Waals surface area contributed by atoms with E-state index in [9.17, 15) is 4.79 Å². The molecule has 0 spiro atoms. The van der Waals surface area contributed by atoms with Gasteiger partial charge < -0.3 is 5.32 Å². The van der Waals surface area contributed by atoms with E-state index in [0.717, 1.165) is 18.5 Å². The van der Waals surface area contributed by atoms with Crippen LogP contribution in [0, 0.1) is 0 Å². The third-order valence-electron chi connectivity index (χ3n) is 2.70. The molecule has 2 aromatic heterocycles. The molecule has 0 aliphatic carbocycles. The van der Waals surface area contributed by atoms with E-state index < -0.39 is 0 Å². The van der Waals surface area contributed by atoms with Crippen LogP contribution in [-0.4, -0.2) is 21.7 Å². The van der Waals surface area contributed by atoms with Gasteiger partial charge in [-0.25, -0.2) is 0 Å². The van der Waals surface area contributed by atoms with Gasteiger partial charge in [-0.3, -0.25) is 9.48 Å². The first-order valence-corrected chi connectivity index (χ1v) is 6.96. The second-order valence-electron chi connectivity index (χ2n) is 4.33. The fourth-order valence-electron chi connectivity index (χ4n) is 1.74. The molecule has 5 heteroatoms. The van der Waals surface area contributed by atoms with Crippen LogP contribution in [0.4, 0.5) is 0 Å². The number of aromatic nitrogens is 2. The Morgan fingerprint density at radius 3 is 3.17 bits per heavy atom. The Morgan fingerprint density at radius 2 is 2.50 bits per heavy atom. The molecule has 1 N–H and O–H groups in total. The van der Waals surface area contributed by atoms with E-state index in [1.165, 1.54) is 0 Å². The molecule has 0 unspecified atom stereocenters. The zero-order valence-electron chi connectivity index (χ0n) is 10.4. The van der Waals surface area contributed by atoms with Crippen LogP contribution in [0.3, 0.4) is 0 Å². The molecule has 0 aliphatic heterocycles. The highest BCUT2D eigenvalue weighted by molar-refractivity contribution is 7.07. The van der Waals surface area contributed by atoms with Gasteiger partial charge in [0.1, 0.15) is 0 Å². The molecule has 0 saturated heterocycles. The van der Waals surface area contributed by atoms with Crippen molar-refractivity contribution in [3.05, 3.63) is 40.8 Å². The highest BCUT2D eigenvalue weighted by Gasteiger charge is 2.08. The van der Waals surface area contributed by atoms with E-state index >= 15 is 0 Å². The monoisotopic (exact) mass is 263 g/mol. The standard InChI is InChI=1S/C13H17N3OS/c1-11(3-7-16-6-2-5-14-16)15-13(17)9-12-4-8-18-10-12/h2,4-6,8,10-11H,3,7,9H2,1H3,(H,15,17)/t11-/m1/s1. The summed E-state index contributed by atoms with van der Waals surface area (Å²) in [5.41, 5.74) is 1.08. The summed E-state index contributed by atoms with van der Waals surface area (Å²) in [6, 6.07) is 4.05. The van der Waals surface area contributed by atoms with Crippen LogP contribution in [0.1, 0.15) is 18.9 Å². The van der Waals surface area contributed by atoms with Gasteiger partial charge in [-0.15, -0.1) is 0 Å². The maximum absolute atomic E-state index is 11.8. The number of amides is 1. The number of carbonyl (C=O) groups excluding carboxylic acids is 1. The molecule has 0 aliphatic rings. The molecule has 2 rings (SSSR count). The van der Waals surface area contributed by atoms with Crippen molar-refractivity contribution in [1.82, 2.24) is 15.1 Å². The molecule has 0 fully saturated rings. The van der Waals surface area contributed by atoms with Crippen molar-refractivity contribution in [2.45, 2.75) is 32.4 Å². The van der Waals surface area contributed by atoms with Crippen LogP contribution < -0.4 is 5.32 Å². The van der Waals surface area contributed by atoms with Gasteiger partial charge in [0.2, 0.25) is 5.91 Å². The number of nitrogens with one attached hydrogen (secondary N) is 1. The topological polar surface area (TPSA) is 46.9 Å². The van der Waals surface area contributed by atoms with Gasteiger partial charge in [0, 0.05) is 25.0 Å². The minimum Gasteiger partial charge on any atom is -0.353 e. The van der Waals surface area contributed by atoms with Gasteiger partial charge in [-0.05, 0) is 41.8 Å². The van der Waals surface area contributed by atoms with Crippen molar-refractivity contribution in [3.8, 4) is 0 Å². The molecule has 18 heavy (non-hydrogen) atoms. The van der Waals surface area contributed by atoms with E-state index in [-0.39, 0.29) is 11.9 Å². The molecule has 0 bridgehead atoms. The Hall–Kier alpha value is -1.62. The van der Waals surface area contributed by atoms with Gasteiger partial charge in [-0.2, -0.15) is 16.4 Å². The molecule has 0 aromatic carbocycles. The van der Waals surface area contributed by atoms with E-state index in [1.54, 1.807) is 17.5 Å². The minimum absolute atomic E-state index is 0.0846. The van der Waals surface area contributed by atoms with Crippen molar-refractivity contribution in [3.63, 3.8) is 0 Å². The summed E-state index contributed by atoms with van der Waals surface area (Å²) in [6.07, 6.45) is 5.05. The van der Waals surface area contributed by atoms with Crippen LogP contribution in [0.2, 0.25) is 0 Å². The summed E-state index contributed by atoms with van der Waals surface area (Å²) in [5.74, 6) is 0.0846. The van der Waals surface area contributed by atoms with Gasteiger partial charge in [0.25, 0.3) is 0 Å². The van der Waals surface area contributed by atoms with E-state index in [4.69, 9.17) is 0 Å². The van der Waals surface area contributed by atoms with Crippen molar-refractivity contribution in [1.29, 1.82) is 0 Å². The third-order valence-corrected chi connectivity index (χ3v) is 3.43. The van der Waals surface area contributed by atoms with E-state index in [1.807, 2.05) is 40.7 Å². The third kappa shape index (κ3) is 4.00. The predicted octanol–water partition coefficient (Wildman–Crippen LogP) is 2.08. The number of hydrogen-bond donors (Lipinski definition) is 1. The number of nitrogens with zero attached hydrogens (tertiary/aromatic N) is 2. The van der Waals surface area contributed by atoms with Crippen molar-refractivity contribution >= 4 is 17.2 Å². The molecule has 0 radical (unpaired) electrons. The maximum atomic E-state index is 11.8. The second kappa shape index (κ2) is 6.35. The molecular weight excluding hydrogens is 246 g/mol. The highest BCUT2D eigenvalue weighted by atomic mass is 32.1. The fourth-order valence-corrected chi connectivity index (χ4v) is 2.40. The average molecular weight is 263 g/mol. The lowest BCUT2D eigenvalue weighted by Crippen LogP contribution is -2.34. The second-order valence-corrected chi connectivity index (χ2v) is 5.11.